The fraction of sp³-hybridized carbons (Fsp3) is 0.800. The molecule has 0 aromatic heterocycles. The van der Waals surface area contributed by atoms with Gasteiger partial charge in [-0.1, -0.05) is 12.2 Å². The number of urea groups is 1. The minimum atomic E-state index is -0.0456. The van der Waals surface area contributed by atoms with E-state index in [0.717, 1.165) is 12.8 Å². The lowest BCUT2D eigenvalue weighted by Gasteiger charge is -2.22. The van der Waals surface area contributed by atoms with Crippen LogP contribution in [0.3, 0.4) is 0 Å². The Morgan fingerprint density at radius 3 is 2.75 bits per heavy atom. The number of rotatable bonds is 7. The van der Waals surface area contributed by atoms with Crippen LogP contribution in [0.2, 0.25) is 0 Å². The first-order chi connectivity index (χ1) is 7.63. The second kappa shape index (κ2) is 6.65. The SMILES string of the molecule is COCCN(CCC(N)=S)C(=O)NC1CC1. The highest BCUT2D eigenvalue weighted by Gasteiger charge is 2.25. The first-order valence-electron chi connectivity index (χ1n) is 5.46. The highest BCUT2D eigenvalue weighted by atomic mass is 32.1. The molecule has 0 aromatic carbocycles. The molecule has 6 heteroatoms. The van der Waals surface area contributed by atoms with Gasteiger partial charge in [0.2, 0.25) is 0 Å². The summed E-state index contributed by atoms with van der Waals surface area (Å²) >= 11 is 4.80. The van der Waals surface area contributed by atoms with Crippen LogP contribution in [0.1, 0.15) is 19.3 Å². The standard InChI is InChI=1S/C10H19N3O2S/c1-15-7-6-13(5-4-9(11)16)10(14)12-8-2-3-8/h8H,2-7H2,1H3,(H2,11,16)(H,12,14). The molecule has 3 N–H and O–H groups in total. The number of carbonyl (C=O) groups excluding carboxylic acids is 1. The quantitative estimate of drug-likeness (QED) is 0.640. The van der Waals surface area contributed by atoms with Crippen molar-refractivity contribution in [3.63, 3.8) is 0 Å². The van der Waals surface area contributed by atoms with Crippen molar-refractivity contribution in [1.82, 2.24) is 10.2 Å². The Balaban J connectivity index is 2.33. The van der Waals surface area contributed by atoms with E-state index < -0.39 is 0 Å². The lowest BCUT2D eigenvalue weighted by Crippen LogP contribution is -2.43. The monoisotopic (exact) mass is 245 g/mol. The summed E-state index contributed by atoms with van der Waals surface area (Å²) in [5.41, 5.74) is 5.42. The Labute approximate surface area is 101 Å². The number of ether oxygens (including phenoxy) is 1. The topological polar surface area (TPSA) is 67.6 Å². The van der Waals surface area contributed by atoms with Crippen molar-refractivity contribution in [2.24, 2.45) is 5.73 Å². The molecule has 0 heterocycles. The number of hydrogen-bond donors (Lipinski definition) is 2. The predicted molar refractivity (Wildman–Crippen MR) is 66.4 cm³/mol. The highest BCUT2D eigenvalue weighted by molar-refractivity contribution is 7.80. The van der Waals surface area contributed by atoms with Gasteiger partial charge in [0.15, 0.2) is 0 Å². The Morgan fingerprint density at radius 1 is 1.56 bits per heavy atom. The first kappa shape index (κ1) is 13.2. The largest absolute Gasteiger partial charge is 0.393 e. The van der Waals surface area contributed by atoms with Crippen molar-refractivity contribution in [2.45, 2.75) is 25.3 Å². The number of carbonyl (C=O) groups is 1. The van der Waals surface area contributed by atoms with E-state index in [9.17, 15) is 4.79 Å². The molecule has 0 aromatic rings. The van der Waals surface area contributed by atoms with Crippen LogP contribution in [0.5, 0.6) is 0 Å². The smallest absolute Gasteiger partial charge is 0.317 e. The van der Waals surface area contributed by atoms with Gasteiger partial charge in [0.1, 0.15) is 0 Å². The molecule has 5 nitrogen and oxygen atoms in total. The number of nitrogens with zero attached hydrogens (tertiary/aromatic N) is 1. The van der Waals surface area contributed by atoms with Crippen molar-refractivity contribution in [3.05, 3.63) is 0 Å². The fourth-order valence-corrected chi connectivity index (χ4v) is 1.35. The van der Waals surface area contributed by atoms with E-state index >= 15 is 0 Å². The van der Waals surface area contributed by atoms with Gasteiger partial charge in [-0.3, -0.25) is 0 Å². The number of methoxy groups -OCH3 is 1. The molecule has 0 atom stereocenters. The molecule has 0 bridgehead atoms. The van der Waals surface area contributed by atoms with Crippen molar-refractivity contribution in [2.75, 3.05) is 26.8 Å². The lowest BCUT2D eigenvalue weighted by atomic mass is 10.4. The van der Waals surface area contributed by atoms with Crippen LogP contribution >= 0.6 is 12.2 Å². The fourth-order valence-electron chi connectivity index (χ4n) is 1.26. The molecule has 1 saturated carbocycles. The summed E-state index contributed by atoms with van der Waals surface area (Å²) in [5, 5.41) is 2.93. The van der Waals surface area contributed by atoms with Gasteiger partial charge in [0, 0.05) is 32.7 Å². The zero-order chi connectivity index (χ0) is 12.0. The van der Waals surface area contributed by atoms with E-state index in [1.54, 1.807) is 12.0 Å². The van der Waals surface area contributed by atoms with Crippen LogP contribution < -0.4 is 11.1 Å². The molecule has 1 rings (SSSR count). The zero-order valence-electron chi connectivity index (χ0n) is 9.57. The van der Waals surface area contributed by atoms with Crippen molar-refractivity contribution < 1.29 is 9.53 Å². The molecule has 0 saturated heterocycles. The molecule has 92 valence electrons. The summed E-state index contributed by atoms with van der Waals surface area (Å²) in [6.45, 7) is 1.64. The third-order valence-electron chi connectivity index (χ3n) is 2.39. The van der Waals surface area contributed by atoms with Crippen LogP contribution in [0.25, 0.3) is 0 Å². The minimum absolute atomic E-state index is 0.0456. The summed E-state index contributed by atoms with van der Waals surface area (Å²) in [4.78, 5) is 13.9. The van der Waals surface area contributed by atoms with E-state index in [-0.39, 0.29) is 6.03 Å². The van der Waals surface area contributed by atoms with E-state index in [1.807, 2.05) is 0 Å². The number of amides is 2. The average molecular weight is 245 g/mol. The van der Waals surface area contributed by atoms with E-state index in [4.69, 9.17) is 22.7 Å². The molecular formula is C10H19N3O2S. The maximum absolute atomic E-state index is 11.8. The van der Waals surface area contributed by atoms with E-state index in [1.165, 1.54) is 0 Å². The average Bonchev–Trinajstić information content (AvgIpc) is 3.01. The third kappa shape index (κ3) is 5.27. The number of nitrogens with two attached hydrogens (primary N) is 1. The molecule has 0 unspecified atom stereocenters. The molecule has 1 fully saturated rings. The molecule has 16 heavy (non-hydrogen) atoms. The van der Waals surface area contributed by atoms with Gasteiger partial charge in [0.25, 0.3) is 0 Å². The molecule has 2 amide bonds. The van der Waals surface area contributed by atoms with Gasteiger partial charge >= 0.3 is 6.03 Å². The van der Waals surface area contributed by atoms with Crippen molar-refractivity contribution in [1.29, 1.82) is 0 Å². The Morgan fingerprint density at radius 2 is 2.25 bits per heavy atom. The normalized spacial score (nSPS) is 14.6. The number of thiocarbonyl (C=S) groups is 1. The summed E-state index contributed by atoms with van der Waals surface area (Å²) < 4.78 is 4.96. The zero-order valence-corrected chi connectivity index (χ0v) is 10.4. The van der Waals surface area contributed by atoms with Gasteiger partial charge in [-0.25, -0.2) is 4.79 Å². The lowest BCUT2D eigenvalue weighted by molar-refractivity contribution is 0.150. The minimum Gasteiger partial charge on any atom is -0.393 e. The predicted octanol–water partition coefficient (Wildman–Crippen LogP) is 0.483. The van der Waals surface area contributed by atoms with Gasteiger partial charge in [0.05, 0.1) is 11.6 Å². The van der Waals surface area contributed by atoms with E-state index in [2.05, 4.69) is 5.32 Å². The number of hydrogen-bond acceptors (Lipinski definition) is 3. The number of nitrogens with one attached hydrogen (secondary N) is 1. The van der Waals surface area contributed by atoms with E-state index in [0.29, 0.717) is 37.1 Å². The maximum atomic E-state index is 11.8. The molecular weight excluding hydrogens is 226 g/mol. The van der Waals surface area contributed by atoms with Crippen LogP contribution in [-0.2, 0) is 4.74 Å². The van der Waals surface area contributed by atoms with Crippen LogP contribution in [0.4, 0.5) is 4.79 Å². The molecule has 1 aliphatic carbocycles. The second-order valence-electron chi connectivity index (χ2n) is 3.92. The van der Waals surface area contributed by atoms with Gasteiger partial charge in [-0.05, 0) is 12.8 Å². The summed E-state index contributed by atoms with van der Waals surface area (Å²) in [7, 11) is 1.62. The molecule has 1 aliphatic rings. The van der Waals surface area contributed by atoms with Crippen molar-refractivity contribution >= 4 is 23.2 Å². The maximum Gasteiger partial charge on any atom is 0.317 e. The molecule has 0 radical (unpaired) electrons. The van der Waals surface area contributed by atoms with Crippen LogP contribution in [0.15, 0.2) is 0 Å². The Kier molecular flexibility index (Phi) is 5.48. The van der Waals surface area contributed by atoms with Gasteiger partial charge in [-0.2, -0.15) is 0 Å². The Bertz CT molecular complexity index is 256. The summed E-state index contributed by atoms with van der Waals surface area (Å²) in [6, 6.07) is 0.318. The first-order valence-corrected chi connectivity index (χ1v) is 5.87. The van der Waals surface area contributed by atoms with Crippen LogP contribution in [-0.4, -0.2) is 48.8 Å². The van der Waals surface area contributed by atoms with Gasteiger partial charge in [-0.15, -0.1) is 0 Å². The highest BCUT2D eigenvalue weighted by Crippen LogP contribution is 2.18. The van der Waals surface area contributed by atoms with Crippen molar-refractivity contribution in [3.8, 4) is 0 Å². The molecule has 0 aliphatic heterocycles. The van der Waals surface area contributed by atoms with Crippen LogP contribution in [0, 0.1) is 0 Å². The molecule has 0 spiro atoms. The third-order valence-corrected chi connectivity index (χ3v) is 2.59. The summed E-state index contributed by atoms with van der Waals surface area (Å²) in [5.74, 6) is 0. The second-order valence-corrected chi connectivity index (χ2v) is 4.44. The Hall–Kier alpha value is -0.880. The van der Waals surface area contributed by atoms with Gasteiger partial charge < -0.3 is 20.7 Å². The summed E-state index contributed by atoms with van der Waals surface area (Å²) in [6.07, 6.45) is 2.72.